The molecule has 0 saturated heterocycles. The highest BCUT2D eigenvalue weighted by molar-refractivity contribution is 5.99. The van der Waals surface area contributed by atoms with Crippen LogP contribution in [0.1, 0.15) is 64.1 Å². The van der Waals surface area contributed by atoms with Gasteiger partial charge in [0, 0.05) is 18.7 Å². The van der Waals surface area contributed by atoms with E-state index in [1.54, 1.807) is 58.2 Å². The van der Waals surface area contributed by atoms with Crippen LogP contribution in [0.2, 0.25) is 0 Å². The number of hydrogen-bond acceptors (Lipinski definition) is 6. The predicted octanol–water partition coefficient (Wildman–Crippen LogP) is 4.08. The van der Waals surface area contributed by atoms with Crippen LogP contribution in [0, 0.1) is 6.92 Å². The zero-order valence-electron chi connectivity index (χ0n) is 23.6. The number of anilines is 1. The highest BCUT2D eigenvalue weighted by Crippen LogP contribution is 2.26. The van der Waals surface area contributed by atoms with Gasteiger partial charge in [-0.1, -0.05) is 36.8 Å². The van der Waals surface area contributed by atoms with Crippen LogP contribution in [0.3, 0.4) is 0 Å². The topological polar surface area (TPSA) is 140 Å². The molecule has 0 radical (unpaired) electrons. The summed E-state index contributed by atoms with van der Waals surface area (Å²) in [5, 5.41) is 5.47. The lowest BCUT2D eigenvalue weighted by molar-refractivity contribution is -0.141. The molecule has 4 amide bonds. The number of nitrogens with one attached hydrogen (secondary N) is 2. The normalized spacial score (nSPS) is 12.6. The fourth-order valence-electron chi connectivity index (χ4n) is 4.00. The van der Waals surface area contributed by atoms with Gasteiger partial charge in [0.05, 0.1) is 7.11 Å². The van der Waals surface area contributed by atoms with Crippen molar-refractivity contribution in [3.8, 4) is 5.75 Å². The monoisotopic (exact) mass is 540 g/mol. The van der Waals surface area contributed by atoms with Crippen molar-refractivity contribution in [2.75, 3.05) is 19.0 Å². The van der Waals surface area contributed by atoms with Crippen LogP contribution in [0.4, 0.5) is 10.5 Å². The maximum atomic E-state index is 14.0. The van der Waals surface area contributed by atoms with E-state index in [0.717, 1.165) is 5.56 Å². The Morgan fingerprint density at radius 2 is 1.72 bits per heavy atom. The number of nitrogens with zero attached hydrogens (tertiary/aromatic N) is 1. The Labute approximate surface area is 230 Å². The highest BCUT2D eigenvalue weighted by Gasteiger charge is 2.36. The first-order chi connectivity index (χ1) is 18.3. The molecule has 4 N–H and O–H groups in total. The van der Waals surface area contributed by atoms with E-state index in [-0.39, 0.29) is 19.4 Å². The quantitative estimate of drug-likeness (QED) is 0.371. The van der Waals surface area contributed by atoms with Crippen LogP contribution >= 0.6 is 0 Å². The molecule has 2 aromatic rings. The summed E-state index contributed by atoms with van der Waals surface area (Å²) in [5.74, 6) is -0.941. The van der Waals surface area contributed by atoms with Gasteiger partial charge >= 0.3 is 6.09 Å². The summed E-state index contributed by atoms with van der Waals surface area (Å²) < 4.78 is 10.5. The lowest BCUT2D eigenvalue weighted by Crippen LogP contribution is -2.52. The van der Waals surface area contributed by atoms with Gasteiger partial charge in [-0.2, -0.15) is 0 Å². The van der Waals surface area contributed by atoms with Crippen LogP contribution in [0.25, 0.3) is 0 Å². The number of carbonyl (C=O) groups excluding carboxylic acids is 4. The number of rotatable bonds is 12. The van der Waals surface area contributed by atoms with Crippen molar-refractivity contribution in [2.45, 2.75) is 71.6 Å². The molecule has 2 aromatic carbocycles. The first kappa shape index (κ1) is 31.1. The van der Waals surface area contributed by atoms with Gasteiger partial charge < -0.3 is 30.7 Å². The third-order valence-corrected chi connectivity index (χ3v) is 5.69. The van der Waals surface area contributed by atoms with Gasteiger partial charge in [0.2, 0.25) is 11.8 Å². The molecule has 2 unspecified atom stereocenters. The molecule has 0 bridgehead atoms. The number of methoxy groups -OCH3 is 1. The van der Waals surface area contributed by atoms with Crippen molar-refractivity contribution in [1.29, 1.82) is 0 Å². The van der Waals surface area contributed by atoms with Crippen molar-refractivity contribution in [1.82, 2.24) is 10.2 Å². The lowest BCUT2D eigenvalue weighted by Gasteiger charge is -2.34. The van der Waals surface area contributed by atoms with E-state index in [4.69, 9.17) is 15.2 Å². The van der Waals surface area contributed by atoms with Gasteiger partial charge in [0.1, 0.15) is 23.4 Å². The molecule has 0 spiro atoms. The minimum atomic E-state index is -1.14. The van der Waals surface area contributed by atoms with E-state index in [1.165, 1.54) is 4.90 Å². The van der Waals surface area contributed by atoms with Crippen LogP contribution in [-0.4, -0.2) is 54.0 Å². The number of ether oxygens (including phenoxy) is 2. The third-order valence-electron chi connectivity index (χ3n) is 5.69. The number of primary amides is 1. The number of alkyl carbamates (subject to hydrolysis) is 1. The molecule has 0 aliphatic rings. The minimum Gasteiger partial charge on any atom is -0.497 e. The molecule has 0 aliphatic carbocycles. The number of benzene rings is 2. The maximum absolute atomic E-state index is 14.0. The minimum absolute atomic E-state index is 0.0474. The van der Waals surface area contributed by atoms with Gasteiger partial charge in [-0.05, 0) is 70.4 Å². The average molecular weight is 541 g/mol. The fourth-order valence-corrected chi connectivity index (χ4v) is 4.00. The Morgan fingerprint density at radius 1 is 1.05 bits per heavy atom. The van der Waals surface area contributed by atoms with Crippen LogP contribution < -0.4 is 21.1 Å². The molecule has 212 valence electrons. The fraction of sp³-hybridized carbons (Fsp3) is 0.448. The van der Waals surface area contributed by atoms with Gasteiger partial charge in [-0.3, -0.25) is 14.4 Å². The third kappa shape index (κ3) is 9.96. The Morgan fingerprint density at radius 3 is 2.26 bits per heavy atom. The summed E-state index contributed by atoms with van der Waals surface area (Å²) in [5.41, 5.74) is 6.60. The molecule has 0 aromatic heterocycles. The molecule has 10 heteroatoms. The number of amides is 4. The molecular formula is C29H40N4O6. The lowest BCUT2D eigenvalue weighted by atomic mass is 9.99. The molecule has 2 rings (SSSR count). The average Bonchev–Trinajstić information content (AvgIpc) is 2.85. The highest BCUT2D eigenvalue weighted by atomic mass is 16.6. The molecule has 39 heavy (non-hydrogen) atoms. The second kappa shape index (κ2) is 14.2. The van der Waals surface area contributed by atoms with Crippen molar-refractivity contribution in [2.24, 2.45) is 5.73 Å². The van der Waals surface area contributed by atoms with Crippen molar-refractivity contribution < 1.29 is 28.7 Å². The van der Waals surface area contributed by atoms with E-state index in [0.29, 0.717) is 23.4 Å². The number of nitrogens with two attached hydrogens (primary N) is 1. The van der Waals surface area contributed by atoms with Crippen molar-refractivity contribution in [3.05, 3.63) is 59.7 Å². The summed E-state index contributed by atoms with van der Waals surface area (Å²) in [6.07, 6.45) is -0.455. The Kier molecular flexibility index (Phi) is 11.3. The summed E-state index contributed by atoms with van der Waals surface area (Å²) in [6, 6.07) is 12.0. The molecule has 2 atom stereocenters. The molecule has 0 saturated carbocycles. The van der Waals surface area contributed by atoms with E-state index < -0.39 is 41.5 Å². The first-order valence-corrected chi connectivity index (χ1v) is 12.9. The van der Waals surface area contributed by atoms with Gasteiger partial charge in [-0.25, -0.2) is 4.79 Å². The Bertz CT molecular complexity index is 1140. The number of carbonyl (C=O) groups is 4. The van der Waals surface area contributed by atoms with Crippen LogP contribution in [0.15, 0.2) is 48.5 Å². The van der Waals surface area contributed by atoms with E-state index >= 15 is 0 Å². The van der Waals surface area contributed by atoms with Gasteiger partial charge in [0.25, 0.3) is 5.91 Å². The Balaban J connectivity index is 2.48. The zero-order valence-corrected chi connectivity index (χ0v) is 23.6. The summed E-state index contributed by atoms with van der Waals surface area (Å²) >= 11 is 0. The van der Waals surface area contributed by atoms with E-state index in [2.05, 4.69) is 10.6 Å². The summed E-state index contributed by atoms with van der Waals surface area (Å²) in [4.78, 5) is 53.4. The molecular weight excluding hydrogens is 500 g/mol. The van der Waals surface area contributed by atoms with Gasteiger partial charge in [0.15, 0.2) is 0 Å². The standard InChI is InChI=1S/C29H40N4O6/c1-7-17-33(27(36)23(15-16-24(30)34)32-28(37)39-29(3,4)5)25(20-10-8-9-19(2)18-20)26(35)31-21-11-13-22(38-6)14-12-21/h8-14,18,23,25H,7,15-17H2,1-6H3,(H2,30,34)(H,31,35)(H,32,37). The first-order valence-electron chi connectivity index (χ1n) is 12.9. The molecule has 0 aliphatic heterocycles. The number of hydrogen-bond donors (Lipinski definition) is 3. The maximum Gasteiger partial charge on any atom is 0.408 e. The number of aryl methyl sites for hydroxylation is 1. The van der Waals surface area contributed by atoms with E-state index in [9.17, 15) is 19.2 Å². The SMILES string of the molecule is CCCN(C(=O)C(CCC(N)=O)NC(=O)OC(C)(C)C)C(C(=O)Nc1ccc(OC)cc1)c1cccc(C)c1. The second-order valence-corrected chi connectivity index (χ2v) is 10.3. The summed E-state index contributed by atoms with van der Waals surface area (Å²) in [7, 11) is 1.55. The molecule has 10 nitrogen and oxygen atoms in total. The largest absolute Gasteiger partial charge is 0.497 e. The van der Waals surface area contributed by atoms with Gasteiger partial charge in [-0.15, -0.1) is 0 Å². The smallest absolute Gasteiger partial charge is 0.408 e. The Hall–Kier alpha value is -4.08. The summed E-state index contributed by atoms with van der Waals surface area (Å²) in [6.45, 7) is 9.10. The second-order valence-electron chi connectivity index (χ2n) is 10.3. The van der Waals surface area contributed by atoms with Crippen molar-refractivity contribution in [3.63, 3.8) is 0 Å². The van der Waals surface area contributed by atoms with Crippen LogP contribution in [-0.2, 0) is 19.1 Å². The van der Waals surface area contributed by atoms with Crippen molar-refractivity contribution >= 4 is 29.5 Å². The van der Waals surface area contributed by atoms with Crippen LogP contribution in [0.5, 0.6) is 5.75 Å². The molecule has 0 fully saturated rings. The van der Waals surface area contributed by atoms with E-state index in [1.807, 2.05) is 32.0 Å². The zero-order chi connectivity index (χ0) is 29.2. The predicted molar refractivity (Wildman–Crippen MR) is 149 cm³/mol. The molecule has 0 heterocycles.